The number of hydrogen-bond acceptors (Lipinski definition) is 6. The van der Waals surface area contributed by atoms with E-state index in [1.54, 1.807) is 42.5 Å². The molecular formula is C18H15Cl3N4O2S. The van der Waals surface area contributed by atoms with Crippen LogP contribution in [0.2, 0.25) is 15.1 Å². The van der Waals surface area contributed by atoms with Gasteiger partial charge >= 0.3 is 0 Å². The Kier molecular flexibility index (Phi) is 7.07. The molecule has 0 radical (unpaired) electrons. The number of anilines is 2. The molecule has 0 spiro atoms. The molecule has 1 N–H and O–H groups in total. The maximum atomic E-state index is 12.8. The summed E-state index contributed by atoms with van der Waals surface area (Å²) in [5.41, 5.74) is 0.411. The van der Waals surface area contributed by atoms with E-state index in [0.29, 0.717) is 32.4 Å². The van der Waals surface area contributed by atoms with E-state index in [2.05, 4.69) is 15.5 Å². The first-order valence-corrected chi connectivity index (χ1v) is 10.6. The number of aromatic nitrogens is 3. The normalized spacial score (nSPS) is 10.7. The summed E-state index contributed by atoms with van der Waals surface area (Å²) in [7, 11) is 0. The third-order valence-corrected chi connectivity index (χ3v) is 5.25. The summed E-state index contributed by atoms with van der Waals surface area (Å²) in [6, 6.07) is 12.0. The molecule has 0 fully saturated rings. The number of nitrogens with zero attached hydrogens (tertiary/aromatic N) is 3. The molecule has 1 heterocycles. The summed E-state index contributed by atoms with van der Waals surface area (Å²) < 4.78 is 7.08. The van der Waals surface area contributed by atoms with Crippen LogP contribution >= 0.6 is 46.6 Å². The molecule has 0 saturated heterocycles. The fourth-order valence-electron chi connectivity index (χ4n) is 2.29. The number of benzene rings is 2. The highest BCUT2D eigenvalue weighted by Crippen LogP contribution is 2.31. The van der Waals surface area contributed by atoms with Crippen molar-refractivity contribution in [1.29, 1.82) is 0 Å². The second-order valence-electron chi connectivity index (χ2n) is 5.59. The molecule has 1 aromatic heterocycles. The van der Waals surface area contributed by atoms with Crippen molar-refractivity contribution in [3.05, 3.63) is 73.6 Å². The molecule has 2 aromatic carbocycles. The Morgan fingerprint density at radius 2 is 1.86 bits per heavy atom. The quantitative estimate of drug-likeness (QED) is 0.523. The minimum atomic E-state index is -0.307. The first kappa shape index (κ1) is 20.8. The van der Waals surface area contributed by atoms with Gasteiger partial charge in [-0.3, -0.25) is 9.36 Å². The zero-order valence-corrected chi connectivity index (χ0v) is 17.7. The van der Waals surface area contributed by atoms with E-state index >= 15 is 0 Å². The molecule has 0 aliphatic carbocycles. The maximum absolute atomic E-state index is 12.8. The van der Waals surface area contributed by atoms with E-state index in [1.165, 1.54) is 16.3 Å². The second-order valence-corrected chi connectivity index (χ2v) is 7.65. The van der Waals surface area contributed by atoms with Gasteiger partial charge < -0.3 is 10.1 Å². The maximum Gasteiger partial charge on any atom is 0.281 e. The Morgan fingerprint density at radius 1 is 1.11 bits per heavy atom. The van der Waals surface area contributed by atoms with Crippen molar-refractivity contribution in [3.8, 4) is 5.75 Å². The first-order chi connectivity index (χ1) is 13.5. The predicted octanol–water partition coefficient (Wildman–Crippen LogP) is 5.24. The number of rotatable bonds is 7. The van der Waals surface area contributed by atoms with Crippen LogP contribution in [0.25, 0.3) is 0 Å². The molecule has 0 aliphatic heterocycles. The fraction of sp³-hybridized carbons (Fsp3) is 0.167. The SMILES string of the molecule is CSCn1c(Nc2cccc(Cl)c2Cl)nnc(COc2ccc(Cl)cc2)c1=O. The first-order valence-electron chi connectivity index (χ1n) is 8.04. The summed E-state index contributed by atoms with van der Waals surface area (Å²) >= 11 is 19.6. The largest absolute Gasteiger partial charge is 0.487 e. The van der Waals surface area contributed by atoms with Crippen LogP contribution in [0.5, 0.6) is 5.75 Å². The van der Waals surface area contributed by atoms with E-state index in [4.69, 9.17) is 39.5 Å². The van der Waals surface area contributed by atoms with Crippen LogP contribution < -0.4 is 15.6 Å². The molecular weight excluding hydrogens is 443 g/mol. The van der Waals surface area contributed by atoms with Crippen molar-refractivity contribution in [1.82, 2.24) is 14.8 Å². The van der Waals surface area contributed by atoms with Crippen LogP contribution in [0.4, 0.5) is 11.6 Å². The van der Waals surface area contributed by atoms with Crippen LogP contribution in [-0.4, -0.2) is 21.0 Å². The smallest absolute Gasteiger partial charge is 0.281 e. The van der Waals surface area contributed by atoms with Gasteiger partial charge in [0.2, 0.25) is 5.95 Å². The Bertz CT molecular complexity index is 1030. The number of nitrogens with one attached hydrogen (secondary N) is 1. The van der Waals surface area contributed by atoms with Gasteiger partial charge in [0, 0.05) is 5.02 Å². The lowest BCUT2D eigenvalue weighted by atomic mass is 10.3. The summed E-state index contributed by atoms with van der Waals surface area (Å²) in [4.78, 5) is 12.8. The molecule has 10 heteroatoms. The second kappa shape index (κ2) is 9.52. The van der Waals surface area contributed by atoms with Crippen molar-refractivity contribution in [2.45, 2.75) is 12.5 Å². The summed E-state index contributed by atoms with van der Waals surface area (Å²) in [6.45, 7) is -0.0138. The Balaban J connectivity index is 1.86. The van der Waals surface area contributed by atoms with Crippen LogP contribution in [0.1, 0.15) is 5.69 Å². The molecule has 6 nitrogen and oxygen atoms in total. The molecule has 0 atom stereocenters. The highest BCUT2D eigenvalue weighted by molar-refractivity contribution is 7.97. The lowest BCUT2D eigenvalue weighted by molar-refractivity contribution is 0.296. The molecule has 146 valence electrons. The number of hydrogen-bond donors (Lipinski definition) is 1. The summed E-state index contributed by atoms with van der Waals surface area (Å²) in [5, 5.41) is 12.5. The van der Waals surface area contributed by atoms with Gasteiger partial charge in [0.15, 0.2) is 5.69 Å². The topological polar surface area (TPSA) is 69.0 Å². The van der Waals surface area contributed by atoms with Crippen molar-refractivity contribution >= 4 is 58.2 Å². The van der Waals surface area contributed by atoms with Gasteiger partial charge in [0.1, 0.15) is 12.4 Å². The lowest BCUT2D eigenvalue weighted by Gasteiger charge is -2.14. The molecule has 0 bridgehead atoms. The van der Waals surface area contributed by atoms with Crippen LogP contribution in [0.15, 0.2) is 47.3 Å². The lowest BCUT2D eigenvalue weighted by Crippen LogP contribution is -2.29. The van der Waals surface area contributed by atoms with Gasteiger partial charge in [0.25, 0.3) is 5.56 Å². The predicted molar refractivity (Wildman–Crippen MR) is 115 cm³/mol. The number of thioether (sulfide) groups is 1. The minimum absolute atomic E-state index is 0.0138. The highest BCUT2D eigenvalue weighted by Gasteiger charge is 2.14. The zero-order valence-electron chi connectivity index (χ0n) is 14.7. The van der Waals surface area contributed by atoms with Gasteiger partial charge in [0.05, 0.1) is 21.6 Å². The molecule has 0 unspecified atom stereocenters. The van der Waals surface area contributed by atoms with Crippen LogP contribution in [0, 0.1) is 0 Å². The van der Waals surface area contributed by atoms with E-state index < -0.39 is 0 Å². The average Bonchev–Trinajstić information content (AvgIpc) is 2.69. The van der Waals surface area contributed by atoms with Crippen molar-refractivity contribution < 1.29 is 4.74 Å². The van der Waals surface area contributed by atoms with Crippen molar-refractivity contribution in [3.63, 3.8) is 0 Å². The third-order valence-electron chi connectivity index (χ3n) is 3.66. The van der Waals surface area contributed by atoms with Gasteiger partial charge in [-0.25, -0.2) is 0 Å². The Hall–Kier alpha value is -1.93. The number of ether oxygens (including phenoxy) is 1. The molecule has 0 saturated carbocycles. The van der Waals surface area contributed by atoms with Crippen LogP contribution in [0.3, 0.4) is 0 Å². The van der Waals surface area contributed by atoms with Crippen LogP contribution in [-0.2, 0) is 12.5 Å². The molecule has 28 heavy (non-hydrogen) atoms. The van der Waals surface area contributed by atoms with Gasteiger partial charge in [-0.15, -0.1) is 22.0 Å². The molecule has 0 aliphatic rings. The van der Waals surface area contributed by atoms with E-state index in [-0.39, 0.29) is 23.8 Å². The standard InChI is InChI=1S/C18H15Cl3N4O2S/c1-28-10-25-17(26)15(9-27-12-7-5-11(19)6-8-12)23-24-18(25)22-14-4-2-3-13(20)16(14)21/h2-8H,9-10H2,1H3,(H,22,24). The summed E-state index contributed by atoms with van der Waals surface area (Å²) in [6.07, 6.45) is 1.88. The Morgan fingerprint density at radius 3 is 2.57 bits per heavy atom. The van der Waals surface area contributed by atoms with Gasteiger partial charge in [-0.1, -0.05) is 40.9 Å². The van der Waals surface area contributed by atoms with Gasteiger partial charge in [-0.2, -0.15) is 0 Å². The number of halogens is 3. The third kappa shape index (κ3) is 4.91. The monoisotopic (exact) mass is 456 g/mol. The molecule has 0 amide bonds. The van der Waals surface area contributed by atoms with Gasteiger partial charge in [-0.05, 0) is 42.7 Å². The molecule has 3 rings (SSSR count). The minimum Gasteiger partial charge on any atom is -0.487 e. The Labute approximate surface area is 180 Å². The van der Waals surface area contributed by atoms with Crippen molar-refractivity contribution in [2.24, 2.45) is 0 Å². The van der Waals surface area contributed by atoms with E-state index in [9.17, 15) is 4.79 Å². The highest BCUT2D eigenvalue weighted by atomic mass is 35.5. The fourth-order valence-corrected chi connectivity index (χ4v) is 3.26. The zero-order chi connectivity index (χ0) is 20.1. The van der Waals surface area contributed by atoms with E-state index in [0.717, 1.165) is 0 Å². The van der Waals surface area contributed by atoms with Crippen molar-refractivity contribution in [2.75, 3.05) is 11.6 Å². The average molecular weight is 458 g/mol. The summed E-state index contributed by atoms with van der Waals surface area (Å²) in [5.74, 6) is 1.22. The van der Waals surface area contributed by atoms with E-state index in [1.807, 2.05) is 6.26 Å². The molecule has 3 aromatic rings.